The summed E-state index contributed by atoms with van der Waals surface area (Å²) < 4.78 is 15.0. The van der Waals surface area contributed by atoms with Gasteiger partial charge in [-0.25, -0.2) is 9.78 Å². The van der Waals surface area contributed by atoms with Gasteiger partial charge in [-0.3, -0.25) is 4.79 Å². The van der Waals surface area contributed by atoms with Gasteiger partial charge in [0.1, 0.15) is 28.9 Å². The number of rotatable bonds is 6. The van der Waals surface area contributed by atoms with Crippen LogP contribution in [0.2, 0.25) is 5.04 Å². The number of aliphatic hydroxyl groups excluding tert-OH is 1. The van der Waals surface area contributed by atoms with Crippen LogP contribution in [-0.4, -0.2) is 57.8 Å². The van der Waals surface area contributed by atoms with Crippen LogP contribution < -0.4 is 11.3 Å². The van der Waals surface area contributed by atoms with Gasteiger partial charge in [0.25, 0.3) is 5.56 Å². The summed E-state index contributed by atoms with van der Waals surface area (Å²) in [7, 11) is 0.0234. The van der Waals surface area contributed by atoms with E-state index in [-0.39, 0.29) is 14.8 Å². The van der Waals surface area contributed by atoms with Gasteiger partial charge < -0.3 is 25.1 Å². The van der Waals surface area contributed by atoms with Crippen molar-refractivity contribution in [2.75, 3.05) is 5.73 Å². The Morgan fingerprint density at radius 3 is 2.29 bits per heavy atom. The van der Waals surface area contributed by atoms with Crippen molar-refractivity contribution >= 4 is 37.1 Å². The molecule has 0 amide bonds. The highest BCUT2D eigenvalue weighted by atomic mass is 28.2. The van der Waals surface area contributed by atoms with Crippen molar-refractivity contribution in [3.8, 4) is 0 Å². The Morgan fingerprint density at radius 1 is 1.07 bits per heavy atom. The van der Waals surface area contributed by atoms with Crippen LogP contribution in [0.3, 0.4) is 0 Å². The molecule has 5 aromatic rings. The fourth-order valence-electron chi connectivity index (χ4n) is 5.68. The minimum absolute atomic E-state index is 0.0234. The van der Waals surface area contributed by atoms with Gasteiger partial charge in [0, 0.05) is 22.7 Å². The second-order valence-electron chi connectivity index (χ2n) is 12.0. The van der Waals surface area contributed by atoms with E-state index in [2.05, 4.69) is 36.1 Å². The highest BCUT2D eigenvalue weighted by molar-refractivity contribution is 6.32. The minimum Gasteiger partial charge on any atom is -0.401 e. The molecule has 3 aromatic carbocycles. The summed E-state index contributed by atoms with van der Waals surface area (Å²) in [6, 6.07) is 20.8. The Bertz CT molecular complexity index is 1760. The van der Waals surface area contributed by atoms with Crippen LogP contribution in [0.15, 0.2) is 83.9 Å². The summed E-state index contributed by atoms with van der Waals surface area (Å²) in [5.41, 5.74) is 5.12. The predicted octanol–water partition coefficient (Wildman–Crippen LogP) is 3.66. The molecule has 42 heavy (non-hydrogen) atoms. The average molecular weight is 584 g/mol. The molecule has 2 aromatic heterocycles. The van der Waals surface area contributed by atoms with Gasteiger partial charge >= 0.3 is 0 Å². The Balaban J connectivity index is 1.55. The maximum atomic E-state index is 12.5. The Hall–Kier alpha value is -3.87. The molecule has 5 N–H and O–H groups in total. The number of aromatic nitrogens is 4. The summed E-state index contributed by atoms with van der Waals surface area (Å²) in [5.74, 6) is 0. The summed E-state index contributed by atoms with van der Waals surface area (Å²) in [5, 5.41) is 36.2. The van der Waals surface area contributed by atoms with E-state index >= 15 is 0 Å². The lowest BCUT2D eigenvalue weighted by atomic mass is 9.77. The number of aliphatic hydroxyl groups is 2. The van der Waals surface area contributed by atoms with Crippen LogP contribution in [0.25, 0.3) is 21.7 Å². The molecule has 6 rings (SSSR count). The molecule has 3 heterocycles. The monoisotopic (exact) mass is 583 g/mol. The van der Waals surface area contributed by atoms with Gasteiger partial charge in [0.15, 0.2) is 6.23 Å². The first-order valence-electron chi connectivity index (χ1n) is 13.7. The van der Waals surface area contributed by atoms with Gasteiger partial charge in [0.2, 0.25) is 9.76 Å². The number of benzene rings is 2. The van der Waals surface area contributed by atoms with Crippen molar-refractivity contribution < 1.29 is 19.4 Å². The maximum Gasteiger partial charge on any atom is 0.272 e. The summed E-state index contributed by atoms with van der Waals surface area (Å²) >= 11 is 0. The molecule has 0 saturated carbocycles. The predicted molar refractivity (Wildman–Crippen MR) is 161 cm³/mol. The highest BCUT2D eigenvalue weighted by Gasteiger charge is 2.62. The van der Waals surface area contributed by atoms with E-state index in [1.54, 1.807) is 12.3 Å². The fourth-order valence-corrected chi connectivity index (χ4v) is 6.49. The van der Waals surface area contributed by atoms with Gasteiger partial charge in [-0.1, -0.05) is 81.4 Å². The van der Waals surface area contributed by atoms with Crippen LogP contribution in [0.4, 0.5) is 5.69 Å². The first-order chi connectivity index (χ1) is 19.9. The highest BCUT2D eigenvalue weighted by Crippen LogP contribution is 2.50. The van der Waals surface area contributed by atoms with Crippen molar-refractivity contribution in [3.05, 3.63) is 101 Å². The number of nitrogens with two attached hydrogens (primary N) is 1. The molecule has 4 unspecified atom stereocenters. The quantitative estimate of drug-likeness (QED) is 0.221. The maximum absolute atomic E-state index is 12.5. The van der Waals surface area contributed by atoms with E-state index in [9.17, 15) is 15.0 Å². The van der Waals surface area contributed by atoms with Crippen molar-refractivity contribution in [1.82, 2.24) is 20.0 Å². The van der Waals surface area contributed by atoms with Crippen LogP contribution in [0, 0.1) is 0 Å². The van der Waals surface area contributed by atoms with Gasteiger partial charge in [-0.2, -0.15) is 10.2 Å². The number of hydrogen-bond acceptors (Lipinski definition) is 8. The molecular weight excluding hydrogens is 550 g/mol. The second kappa shape index (κ2) is 10.1. The van der Waals surface area contributed by atoms with E-state index < -0.39 is 35.2 Å². The number of H-pyrrole nitrogens is 1. The van der Waals surface area contributed by atoms with Gasteiger partial charge in [-0.15, -0.1) is 0 Å². The SMILES string of the molecule is CC(C)(C)[Si]OC(c1ccccc1)(c1ccccc1)C1OC(n2cc3c(N)cc4c(=O)[nH]ncc(n2)c34)C(C)(O)C1O. The molecule has 0 spiro atoms. The lowest BCUT2D eigenvalue weighted by Crippen LogP contribution is -2.53. The zero-order chi connectivity index (χ0) is 29.9. The van der Waals surface area contributed by atoms with E-state index in [1.807, 2.05) is 60.7 Å². The zero-order valence-corrected chi connectivity index (χ0v) is 24.8. The summed E-state index contributed by atoms with van der Waals surface area (Å²) in [6.07, 6.45) is -0.546. The standard InChI is InChI=1S/C31H33N5O5Si/c1-29(2,3)42-41-31(18-11-7-5-8-12-18,19-13-9-6-10-14-19)26-25(37)30(4,39)28(40-26)36-17-21-22(32)15-20-24(21)23(35-36)16-33-34-27(20)38/h5-17,25-26,28,37,39H,32H2,1-4H3,(H,34,38). The van der Waals surface area contributed by atoms with Crippen LogP contribution >= 0.6 is 0 Å². The largest absolute Gasteiger partial charge is 0.401 e. The fraction of sp³-hybridized carbons (Fsp3) is 0.323. The Labute approximate surface area is 245 Å². The number of nitrogens with one attached hydrogen (secondary N) is 1. The number of aromatic amines is 1. The van der Waals surface area contributed by atoms with Crippen molar-refractivity contribution in [2.24, 2.45) is 0 Å². The molecule has 10 nitrogen and oxygen atoms in total. The lowest BCUT2D eigenvalue weighted by Gasteiger charge is -2.42. The molecule has 2 radical (unpaired) electrons. The molecule has 1 aliphatic rings. The number of nitrogen functional groups attached to an aromatic ring is 1. The van der Waals surface area contributed by atoms with Crippen LogP contribution in [-0.2, 0) is 14.8 Å². The van der Waals surface area contributed by atoms with E-state index in [1.165, 1.54) is 17.8 Å². The van der Waals surface area contributed by atoms with Crippen LogP contribution in [0.5, 0.6) is 0 Å². The molecule has 4 atom stereocenters. The van der Waals surface area contributed by atoms with Crippen LogP contribution in [0.1, 0.15) is 45.0 Å². The van der Waals surface area contributed by atoms with Gasteiger partial charge in [0.05, 0.1) is 11.6 Å². The number of anilines is 1. The van der Waals surface area contributed by atoms with Crippen molar-refractivity contribution in [3.63, 3.8) is 0 Å². The normalized spacial score (nSPS) is 23.1. The second-order valence-corrected chi connectivity index (χ2v) is 13.9. The topological polar surface area (TPSA) is 149 Å². The first kappa shape index (κ1) is 28.3. The van der Waals surface area contributed by atoms with Crippen molar-refractivity contribution in [1.29, 1.82) is 0 Å². The smallest absolute Gasteiger partial charge is 0.272 e. The van der Waals surface area contributed by atoms with E-state index in [0.717, 1.165) is 11.1 Å². The molecule has 0 bridgehead atoms. The molecule has 1 aliphatic heterocycles. The third-order valence-corrected chi connectivity index (χ3v) is 8.75. The Morgan fingerprint density at radius 2 is 1.69 bits per heavy atom. The Kier molecular flexibility index (Phi) is 6.82. The first-order valence-corrected chi connectivity index (χ1v) is 14.6. The minimum atomic E-state index is -1.81. The van der Waals surface area contributed by atoms with E-state index in [4.69, 9.17) is 14.9 Å². The molecule has 216 valence electrons. The van der Waals surface area contributed by atoms with E-state index in [0.29, 0.717) is 27.4 Å². The van der Waals surface area contributed by atoms with Gasteiger partial charge in [-0.05, 0) is 29.2 Å². The van der Waals surface area contributed by atoms with Crippen molar-refractivity contribution in [2.45, 2.75) is 62.4 Å². The molecule has 11 heteroatoms. The third-order valence-electron chi connectivity index (χ3n) is 7.71. The lowest BCUT2D eigenvalue weighted by molar-refractivity contribution is -0.122. The number of ether oxygens (including phenoxy) is 1. The third kappa shape index (κ3) is 4.54. The molecule has 0 aliphatic carbocycles. The molecule has 1 saturated heterocycles. The molecule has 1 fully saturated rings. The summed E-state index contributed by atoms with van der Waals surface area (Å²) in [4.78, 5) is 12.5. The average Bonchev–Trinajstić information content (AvgIpc) is 3.36. The zero-order valence-electron chi connectivity index (χ0n) is 23.8. The number of nitrogens with zero attached hydrogens (tertiary/aromatic N) is 3. The summed E-state index contributed by atoms with van der Waals surface area (Å²) in [6.45, 7) is 7.77. The number of hydrogen-bond donors (Lipinski definition) is 4. The molecular formula is C31H33N5O5Si.